The van der Waals surface area contributed by atoms with E-state index < -0.39 is 17.7 Å². The van der Waals surface area contributed by atoms with Crippen LogP contribution >= 0.6 is 0 Å². The third kappa shape index (κ3) is 2.57. The molecule has 1 fully saturated rings. The molecule has 2 atom stereocenters. The van der Waals surface area contributed by atoms with Gasteiger partial charge in [0, 0.05) is 17.6 Å². The van der Waals surface area contributed by atoms with E-state index in [9.17, 15) is 13.9 Å². The van der Waals surface area contributed by atoms with Gasteiger partial charge in [-0.1, -0.05) is 0 Å². The summed E-state index contributed by atoms with van der Waals surface area (Å²) in [5, 5.41) is 13.1. The van der Waals surface area contributed by atoms with Crippen molar-refractivity contribution in [1.29, 1.82) is 0 Å². The minimum Gasteiger partial charge on any atom is -0.387 e. The lowest BCUT2D eigenvalue weighted by Crippen LogP contribution is -2.34. The Hall–Kier alpha value is -1.00. The van der Waals surface area contributed by atoms with E-state index in [-0.39, 0.29) is 11.6 Å². The van der Waals surface area contributed by atoms with E-state index in [0.29, 0.717) is 6.04 Å². The molecule has 1 aliphatic carbocycles. The molecule has 4 heteroatoms. The first-order chi connectivity index (χ1) is 7.58. The van der Waals surface area contributed by atoms with Gasteiger partial charge in [0.05, 0.1) is 6.10 Å². The molecule has 2 N–H and O–H groups in total. The van der Waals surface area contributed by atoms with Crippen LogP contribution in [0.1, 0.15) is 31.4 Å². The predicted octanol–water partition coefficient (Wildman–Crippen LogP) is 2.14. The molecule has 0 radical (unpaired) electrons. The van der Waals surface area contributed by atoms with Gasteiger partial charge >= 0.3 is 0 Å². The van der Waals surface area contributed by atoms with Gasteiger partial charge in [-0.2, -0.15) is 0 Å². The fourth-order valence-electron chi connectivity index (χ4n) is 1.72. The van der Waals surface area contributed by atoms with E-state index in [0.717, 1.165) is 31.0 Å². The lowest BCUT2D eigenvalue weighted by molar-refractivity contribution is 0.131. The van der Waals surface area contributed by atoms with Crippen LogP contribution in [0.25, 0.3) is 0 Å². The molecule has 0 spiro atoms. The number of rotatable bonds is 4. The monoisotopic (exact) mass is 227 g/mol. The van der Waals surface area contributed by atoms with E-state index in [1.165, 1.54) is 0 Å². The normalized spacial score (nSPS) is 19.5. The molecular formula is C12H15F2NO. The molecular weight excluding hydrogens is 212 g/mol. The summed E-state index contributed by atoms with van der Waals surface area (Å²) in [7, 11) is 0. The van der Waals surface area contributed by atoms with E-state index in [4.69, 9.17) is 0 Å². The molecule has 0 bridgehead atoms. The first-order valence-corrected chi connectivity index (χ1v) is 5.47. The molecule has 0 heterocycles. The first-order valence-electron chi connectivity index (χ1n) is 5.47. The Bertz CT molecular complexity index is 379. The van der Waals surface area contributed by atoms with Crippen LogP contribution in [0.4, 0.5) is 8.78 Å². The molecule has 2 rings (SSSR count). The molecule has 0 amide bonds. The van der Waals surface area contributed by atoms with Crippen LogP contribution < -0.4 is 5.32 Å². The largest absolute Gasteiger partial charge is 0.387 e. The van der Waals surface area contributed by atoms with E-state index in [2.05, 4.69) is 5.32 Å². The van der Waals surface area contributed by atoms with Gasteiger partial charge in [-0.05, 0) is 38.0 Å². The zero-order valence-electron chi connectivity index (χ0n) is 9.08. The lowest BCUT2D eigenvalue weighted by atomic mass is 10.0. The number of halogens is 2. The van der Waals surface area contributed by atoms with E-state index in [1.54, 1.807) is 6.92 Å². The molecule has 2 unspecified atom stereocenters. The Morgan fingerprint density at radius 2 is 2.06 bits per heavy atom. The summed E-state index contributed by atoms with van der Waals surface area (Å²) in [6, 6.07) is 3.28. The molecule has 2 nitrogen and oxygen atoms in total. The third-order valence-corrected chi connectivity index (χ3v) is 2.83. The Balaban J connectivity index is 2.11. The van der Waals surface area contributed by atoms with Gasteiger partial charge < -0.3 is 10.4 Å². The van der Waals surface area contributed by atoms with Gasteiger partial charge in [0.1, 0.15) is 11.6 Å². The maximum absolute atomic E-state index is 13.4. The van der Waals surface area contributed by atoms with Gasteiger partial charge in [-0.25, -0.2) is 8.78 Å². The average molecular weight is 227 g/mol. The quantitative estimate of drug-likeness (QED) is 0.826. The van der Waals surface area contributed by atoms with Gasteiger partial charge in [0.2, 0.25) is 0 Å². The predicted molar refractivity (Wildman–Crippen MR) is 56.9 cm³/mol. The molecule has 1 aliphatic rings. The standard InChI is InChI=1S/C12H15F2NO/c1-7(15-9-3-4-9)12(16)10-6-8(13)2-5-11(10)14/h2,5-7,9,12,15-16H,3-4H2,1H3. The minimum atomic E-state index is -1.02. The first kappa shape index (κ1) is 11.5. The van der Waals surface area contributed by atoms with Crippen LogP contribution in [0.15, 0.2) is 18.2 Å². The van der Waals surface area contributed by atoms with E-state index >= 15 is 0 Å². The van der Waals surface area contributed by atoms with Crippen molar-refractivity contribution in [1.82, 2.24) is 5.32 Å². The van der Waals surface area contributed by atoms with Crippen molar-refractivity contribution in [2.45, 2.75) is 38.0 Å². The number of benzene rings is 1. The maximum atomic E-state index is 13.4. The van der Waals surface area contributed by atoms with Crippen molar-refractivity contribution in [2.75, 3.05) is 0 Å². The Labute approximate surface area is 93.3 Å². The molecule has 0 aromatic heterocycles. The second-order valence-electron chi connectivity index (χ2n) is 4.34. The van der Waals surface area contributed by atoms with Crippen LogP contribution in [-0.4, -0.2) is 17.2 Å². The van der Waals surface area contributed by atoms with Crippen molar-refractivity contribution >= 4 is 0 Å². The third-order valence-electron chi connectivity index (χ3n) is 2.83. The van der Waals surface area contributed by atoms with Gasteiger partial charge in [-0.15, -0.1) is 0 Å². The summed E-state index contributed by atoms with van der Waals surface area (Å²) < 4.78 is 26.3. The highest BCUT2D eigenvalue weighted by atomic mass is 19.1. The van der Waals surface area contributed by atoms with E-state index in [1.807, 2.05) is 0 Å². The highest BCUT2D eigenvalue weighted by Gasteiger charge is 2.27. The van der Waals surface area contributed by atoms with Crippen LogP contribution in [0.5, 0.6) is 0 Å². The summed E-state index contributed by atoms with van der Waals surface area (Å²) in [4.78, 5) is 0. The van der Waals surface area contributed by atoms with Crippen molar-refractivity contribution in [3.8, 4) is 0 Å². The van der Waals surface area contributed by atoms with Crippen molar-refractivity contribution in [3.63, 3.8) is 0 Å². The van der Waals surface area contributed by atoms with Gasteiger partial charge in [-0.3, -0.25) is 0 Å². The highest BCUT2D eigenvalue weighted by Crippen LogP contribution is 2.25. The van der Waals surface area contributed by atoms with Gasteiger partial charge in [0.25, 0.3) is 0 Å². The molecule has 1 saturated carbocycles. The molecule has 88 valence electrons. The van der Waals surface area contributed by atoms with Crippen molar-refractivity contribution < 1.29 is 13.9 Å². The van der Waals surface area contributed by atoms with Crippen LogP contribution in [0.3, 0.4) is 0 Å². The summed E-state index contributed by atoms with van der Waals surface area (Å²) in [6.45, 7) is 1.77. The molecule has 1 aromatic rings. The van der Waals surface area contributed by atoms with Crippen LogP contribution in [0.2, 0.25) is 0 Å². The minimum absolute atomic E-state index is 0.0145. The summed E-state index contributed by atoms with van der Waals surface area (Å²) in [5.74, 6) is -1.10. The second-order valence-corrected chi connectivity index (χ2v) is 4.34. The number of nitrogens with one attached hydrogen (secondary N) is 1. The SMILES string of the molecule is CC(NC1CC1)C(O)c1cc(F)ccc1F. The molecule has 1 aromatic carbocycles. The van der Waals surface area contributed by atoms with Crippen LogP contribution in [-0.2, 0) is 0 Å². The Morgan fingerprint density at radius 1 is 1.38 bits per heavy atom. The second kappa shape index (κ2) is 4.47. The molecule has 0 aliphatic heterocycles. The van der Waals surface area contributed by atoms with Gasteiger partial charge in [0.15, 0.2) is 0 Å². The topological polar surface area (TPSA) is 32.3 Å². The number of hydrogen-bond acceptors (Lipinski definition) is 2. The maximum Gasteiger partial charge on any atom is 0.129 e. The zero-order valence-corrected chi connectivity index (χ0v) is 9.08. The highest BCUT2D eigenvalue weighted by molar-refractivity contribution is 5.22. The Kier molecular flexibility index (Phi) is 3.21. The molecule has 0 saturated heterocycles. The van der Waals surface area contributed by atoms with Crippen molar-refractivity contribution in [3.05, 3.63) is 35.4 Å². The van der Waals surface area contributed by atoms with Crippen LogP contribution in [0, 0.1) is 11.6 Å². The number of aliphatic hydroxyl groups is 1. The Morgan fingerprint density at radius 3 is 2.69 bits per heavy atom. The number of hydrogen-bond donors (Lipinski definition) is 2. The summed E-state index contributed by atoms with van der Waals surface area (Å²) >= 11 is 0. The average Bonchev–Trinajstić information content (AvgIpc) is 3.04. The molecule has 16 heavy (non-hydrogen) atoms. The summed E-state index contributed by atoms with van der Waals surface area (Å²) in [5.41, 5.74) is 0.0145. The lowest BCUT2D eigenvalue weighted by Gasteiger charge is -2.21. The summed E-state index contributed by atoms with van der Waals surface area (Å²) in [6.07, 6.45) is 1.15. The smallest absolute Gasteiger partial charge is 0.129 e. The fraction of sp³-hybridized carbons (Fsp3) is 0.500. The number of aliphatic hydroxyl groups excluding tert-OH is 1. The zero-order chi connectivity index (χ0) is 11.7. The fourth-order valence-corrected chi connectivity index (χ4v) is 1.72. The van der Waals surface area contributed by atoms with Crippen molar-refractivity contribution in [2.24, 2.45) is 0 Å².